The second-order valence-corrected chi connectivity index (χ2v) is 1.93. The van der Waals surface area contributed by atoms with Crippen LogP contribution >= 0.6 is 12.4 Å². The summed E-state index contributed by atoms with van der Waals surface area (Å²) in [4.78, 5) is 0. The quantitative estimate of drug-likeness (QED) is 0.312. The van der Waals surface area contributed by atoms with Gasteiger partial charge in [0.2, 0.25) is 0 Å². The van der Waals surface area contributed by atoms with Crippen LogP contribution in [-0.4, -0.2) is 23.9 Å². The van der Waals surface area contributed by atoms with Crippen molar-refractivity contribution in [1.82, 2.24) is 5.12 Å². The molecule has 1 aliphatic heterocycles. The van der Waals surface area contributed by atoms with Crippen LogP contribution in [0.4, 0.5) is 17.7 Å². The van der Waals surface area contributed by atoms with Gasteiger partial charge < -0.3 is 0 Å². The molecule has 1 aliphatic rings. The van der Waals surface area contributed by atoms with Crippen molar-refractivity contribution >= 4 is 12.4 Å². The topological polar surface area (TPSA) is 3.24 Å². The predicted molar refractivity (Wildman–Crippen MR) is 29.5 cm³/mol. The van der Waals surface area contributed by atoms with Crippen molar-refractivity contribution < 1.29 is 17.7 Å². The summed E-state index contributed by atoms with van der Waals surface area (Å²) < 4.78 is 47.5. The van der Waals surface area contributed by atoms with E-state index in [2.05, 4.69) is 0 Å². The van der Waals surface area contributed by atoms with Crippen molar-refractivity contribution in [3.05, 3.63) is 0 Å². The molecule has 1 saturated heterocycles. The van der Waals surface area contributed by atoms with E-state index in [4.69, 9.17) is 0 Å². The smallest absolute Gasteiger partial charge is 0.239 e. The molecule has 0 saturated carbocycles. The lowest BCUT2D eigenvalue weighted by Crippen LogP contribution is -2.35. The maximum Gasteiger partial charge on any atom is 0.360 e. The van der Waals surface area contributed by atoms with E-state index in [-0.39, 0.29) is 12.4 Å². The van der Waals surface area contributed by atoms with E-state index >= 15 is 0 Å². The molecule has 1 rings (SSSR count). The first kappa shape index (κ1) is 9.97. The molecule has 0 aromatic carbocycles. The second kappa shape index (κ2) is 2.92. The maximum absolute atomic E-state index is 11.9. The van der Waals surface area contributed by atoms with Gasteiger partial charge in [0, 0.05) is 13.0 Å². The van der Waals surface area contributed by atoms with E-state index in [1.165, 1.54) is 0 Å². The number of hydrogen-bond acceptors (Lipinski definition) is 1. The fourth-order valence-corrected chi connectivity index (χ4v) is 0.701. The maximum atomic E-state index is 11.9. The molecule has 0 N–H and O–H groups in total. The van der Waals surface area contributed by atoms with E-state index < -0.39 is 30.3 Å². The largest absolute Gasteiger partial charge is 0.360 e. The Morgan fingerprint density at radius 1 is 1.40 bits per heavy atom. The third kappa shape index (κ3) is 1.34. The summed E-state index contributed by atoms with van der Waals surface area (Å²) in [7, 11) is 0. The Morgan fingerprint density at radius 3 is 2.00 bits per heavy atom. The Morgan fingerprint density at radius 2 is 1.90 bits per heavy atom. The molecule has 1 nitrogen and oxygen atoms in total. The normalized spacial score (nSPS) is 31.8. The summed E-state index contributed by atoms with van der Waals surface area (Å²) in [6, 6.07) is -3.89. The third-order valence-electron chi connectivity index (χ3n) is 1.28. The van der Waals surface area contributed by atoms with Crippen LogP contribution in [0.25, 0.3) is 0 Å². The van der Waals surface area contributed by atoms with Gasteiger partial charge in [0.1, 0.15) is 0 Å². The molecule has 1 unspecified atom stereocenters. The van der Waals surface area contributed by atoms with Crippen LogP contribution in [0.15, 0.2) is 0 Å². The standard InChI is InChI=1S/C4H5F4N.ClH/c5-3-1-2-9(8)4(3,6)7;/h3H,1-2H2;1H. The zero-order chi connectivity index (χ0) is 7.07. The molecular weight excluding hydrogens is 173 g/mol. The number of rotatable bonds is 0. The minimum atomic E-state index is -3.89. The zero-order valence-corrected chi connectivity index (χ0v) is 5.68. The van der Waals surface area contributed by atoms with Gasteiger partial charge in [-0.25, -0.2) is 4.39 Å². The minimum Gasteiger partial charge on any atom is -0.239 e. The monoisotopic (exact) mass is 179 g/mol. The van der Waals surface area contributed by atoms with E-state index in [1.807, 2.05) is 0 Å². The van der Waals surface area contributed by atoms with Gasteiger partial charge in [-0.2, -0.15) is 8.78 Å². The molecule has 1 atom stereocenters. The van der Waals surface area contributed by atoms with E-state index in [9.17, 15) is 17.7 Å². The van der Waals surface area contributed by atoms with Gasteiger partial charge in [-0.1, -0.05) is 5.12 Å². The molecule has 62 valence electrons. The first-order valence-electron chi connectivity index (χ1n) is 2.50. The van der Waals surface area contributed by atoms with E-state index in [1.54, 1.807) is 0 Å². The van der Waals surface area contributed by atoms with Crippen molar-refractivity contribution in [1.29, 1.82) is 0 Å². The third-order valence-corrected chi connectivity index (χ3v) is 1.28. The van der Waals surface area contributed by atoms with Crippen LogP contribution in [-0.2, 0) is 0 Å². The van der Waals surface area contributed by atoms with Crippen molar-refractivity contribution in [2.24, 2.45) is 0 Å². The number of nitrogens with zero attached hydrogens (tertiary/aromatic N) is 1. The molecule has 0 aliphatic carbocycles. The van der Waals surface area contributed by atoms with Gasteiger partial charge in [-0.15, -0.1) is 16.9 Å². The SMILES string of the molecule is Cl.FC1CCN(F)C1(F)F. The molecule has 0 aromatic heterocycles. The summed E-state index contributed by atoms with van der Waals surface area (Å²) in [5.74, 6) is 0. The first-order valence-corrected chi connectivity index (χ1v) is 2.50. The Kier molecular flexibility index (Phi) is 2.91. The molecule has 10 heavy (non-hydrogen) atoms. The highest BCUT2D eigenvalue weighted by atomic mass is 35.5. The fraction of sp³-hybridized carbons (Fsp3) is 1.00. The highest BCUT2D eigenvalue weighted by Crippen LogP contribution is 2.34. The number of alkyl halides is 3. The van der Waals surface area contributed by atoms with Crippen LogP contribution in [0, 0.1) is 0 Å². The molecule has 6 heteroatoms. The van der Waals surface area contributed by atoms with Crippen molar-refractivity contribution in [3.63, 3.8) is 0 Å². The fourth-order valence-electron chi connectivity index (χ4n) is 0.701. The summed E-state index contributed by atoms with van der Waals surface area (Å²) >= 11 is 0. The Bertz CT molecular complexity index is 108. The van der Waals surface area contributed by atoms with Crippen LogP contribution < -0.4 is 0 Å². The summed E-state index contributed by atoms with van der Waals surface area (Å²) in [5.41, 5.74) is 0. The zero-order valence-electron chi connectivity index (χ0n) is 4.86. The molecule has 0 amide bonds. The summed E-state index contributed by atoms with van der Waals surface area (Å²) in [6.45, 7) is -0.520. The Balaban J connectivity index is 0.000000810. The second-order valence-electron chi connectivity index (χ2n) is 1.93. The highest BCUT2D eigenvalue weighted by Gasteiger charge is 2.52. The van der Waals surface area contributed by atoms with E-state index in [0.717, 1.165) is 0 Å². The lowest BCUT2D eigenvalue weighted by atomic mass is 10.3. The molecule has 0 spiro atoms. The van der Waals surface area contributed by atoms with Crippen molar-refractivity contribution in [2.75, 3.05) is 6.54 Å². The molecule has 0 bridgehead atoms. The molecule has 1 heterocycles. The van der Waals surface area contributed by atoms with Crippen LogP contribution in [0.5, 0.6) is 0 Å². The molecular formula is C4H6ClF4N. The average Bonchev–Trinajstić information content (AvgIpc) is 1.96. The first-order chi connectivity index (χ1) is 4.05. The Labute approximate surface area is 61.3 Å². The average molecular weight is 180 g/mol. The molecule has 1 fully saturated rings. The Hall–Kier alpha value is -0.0300. The van der Waals surface area contributed by atoms with Gasteiger partial charge >= 0.3 is 6.05 Å². The van der Waals surface area contributed by atoms with Gasteiger partial charge in [0.05, 0.1) is 0 Å². The van der Waals surface area contributed by atoms with Gasteiger partial charge in [0.25, 0.3) is 0 Å². The highest BCUT2D eigenvalue weighted by molar-refractivity contribution is 5.85. The number of hydrogen-bond donors (Lipinski definition) is 0. The van der Waals surface area contributed by atoms with E-state index in [0.29, 0.717) is 0 Å². The van der Waals surface area contributed by atoms with Crippen LogP contribution in [0.2, 0.25) is 0 Å². The van der Waals surface area contributed by atoms with Gasteiger partial charge in [-0.05, 0) is 0 Å². The van der Waals surface area contributed by atoms with Crippen LogP contribution in [0.3, 0.4) is 0 Å². The van der Waals surface area contributed by atoms with Gasteiger partial charge in [-0.3, -0.25) is 0 Å². The minimum absolute atomic E-state index is 0. The van der Waals surface area contributed by atoms with Gasteiger partial charge in [0.15, 0.2) is 6.17 Å². The molecule has 0 aromatic rings. The lowest BCUT2D eigenvalue weighted by molar-refractivity contribution is -0.230. The lowest BCUT2D eigenvalue weighted by Gasteiger charge is -2.14. The predicted octanol–water partition coefficient (Wildman–Crippen LogP) is 1.93. The molecule has 0 radical (unpaired) electrons. The summed E-state index contributed by atoms with van der Waals surface area (Å²) in [6.07, 6.45) is -2.77. The van der Waals surface area contributed by atoms with Crippen molar-refractivity contribution in [3.8, 4) is 0 Å². The van der Waals surface area contributed by atoms with Crippen LogP contribution in [0.1, 0.15) is 6.42 Å². The van der Waals surface area contributed by atoms with Crippen molar-refractivity contribution in [2.45, 2.75) is 18.6 Å². The number of halogens is 5. The summed E-state index contributed by atoms with van der Waals surface area (Å²) in [5, 5.41) is -0.766.